The Morgan fingerprint density at radius 1 is 0.309 bits per heavy atom. The van der Waals surface area contributed by atoms with Gasteiger partial charge in [0.2, 0.25) is 0 Å². The van der Waals surface area contributed by atoms with Crippen molar-refractivity contribution in [3.05, 3.63) is 0 Å². The quantitative estimate of drug-likeness (QED) is 0.0222. The van der Waals surface area contributed by atoms with Gasteiger partial charge < -0.3 is 33.8 Å². The van der Waals surface area contributed by atoms with Crippen molar-refractivity contribution >= 4 is 39.5 Å². The van der Waals surface area contributed by atoms with E-state index in [4.69, 9.17) is 37.0 Å². The third-order valence-corrected chi connectivity index (χ3v) is 19.6. The van der Waals surface area contributed by atoms with Crippen molar-refractivity contribution in [1.29, 1.82) is 0 Å². The van der Waals surface area contributed by atoms with Gasteiger partial charge in [0, 0.05) is 25.7 Å². The molecule has 0 saturated heterocycles. The van der Waals surface area contributed by atoms with E-state index >= 15 is 0 Å². The highest BCUT2D eigenvalue weighted by Crippen LogP contribution is 2.45. The fourth-order valence-electron chi connectivity index (χ4n) is 11.4. The molecule has 0 aliphatic rings. The van der Waals surface area contributed by atoms with Crippen molar-refractivity contribution in [1.82, 2.24) is 0 Å². The summed E-state index contributed by atoms with van der Waals surface area (Å²) in [5.74, 6) is 0.172. The maximum absolute atomic E-state index is 13.1. The SMILES string of the molecule is CCCCCCCCCCCCCC(=O)O[C@H](COC(=O)CCCCCCCCC(C)C)COP(=O)(O)OC[C@H](O)COP(=O)(O)OC[C@@H](COC(=O)CCCCCCCCCCCC(C)C)OC(=O)CCCCCCCCCCCCCCCCCCCCC(C)CC. The van der Waals surface area contributed by atoms with Crippen LogP contribution in [0.15, 0.2) is 0 Å². The molecule has 0 aliphatic heterocycles. The number of unbranched alkanes of at least 4 members (excludes halogenated alkanes) is 40. The van der Waals surface area contributed by atoms with Gasteiger partial charge in [-0.3, -0.25) is 37.3 Å². The fourth-order valence-corrected chi connectivity index (χ4v) is 13.0. The van der Waals surface area contributed by atoms with Crippen LogP contribution in [0.1, 0.15) is 382 Å². The van der Waals surface area contributed by atoms with Crippen LogP contribution in [0.2, 0.25) is 0 Å². The molecule has 0 heterocycles. The Morgan fingerprint density at radius 3 is 0.809 bits per heavy atom. The number of aliphatic hydroxyl groups is 1. The van der Waals surface area contributed by atoms with Crippen LogP contribution < -0.4 is 0 Å². The lowest BCUT2D eigenvalue weighted by molar-refractivity contribution is -0.161. The summed E-state index contributed by atoms with van der Waals surface area (Å²) in [6.45, 7) is 11.8. The lowest BCUT2D eigenvalue weighted by Crippen LogP contribution is -2.30. The van der Waals surface area contributed by atoms with Gasteiger partial charge in [0.15, 0.2) is 12.2 Å². The zero-order chi connectivity index (χ0) is 69.4. The Balaban J connectivity index is 5.16. The van der Waals surface area contributed by atoms with Gasteiger partial charge in [-0.2, -0.15) is 0 Å². The van der Waals surface area contributed by atoms with Crippen LogP contribution in [0.25, 0.3) is 0 Å². The molecule has 0 bridgehead atoms. The van der Waals surface area contributed by atoms with Crippen molar-refractivity contribution in [2.75, 3.05) is 39.6 Å². The highest BCUT2D eigenvalue weighted by atomic mass is 31.2. The third kappa shape index (κ3) is 67.3. The van der Waals surface area contributed by atoms with Gasteiger partial charge in [0.1, 0.15) is 19.3 Å². The number of phosphoric ester groups is 2. The standard InChI is InChI=1S/C75H146O17P2/c1-8-10-11-12-13-14-23-29-35-44-51-58-74(79)92-71(63-86-73(78)57-50-43-38-37-40-47-54-67(5)6)65-90-94(83,84)88-61-69(76)60-87-93(81,82)89-64-70(62-85-72(77)56-49-42-34-31-26-27-32-39-46-53-66(3)4)91-75(80)59-52-45-36-30-25-22-20-18-16-15-17-19-21-24-28-33-41-48-55-68(7)9-2/h66-71,76H,8-65H2,1-7H3,(H,81,82)(H,83,84)/t68?,69-,70-,71-/m1/s1. The minimum Gasteiger partial charge on any atom is -0.462 e. The van der Waals surface area contributed by atoms with Crippen LogP contribution in [0, 0.1) is 17.8 Å². The van der Waals surface area contributed by atoms with E-state index in [9.17, 15) is 43.2 Å². The summed E-state index contributed by atoms with van der Waals surface area (Å²) >= 11 is 0. The number of esters is 4. The van der Waals surface area contributed by atoms with Crippen LogP contribution in [-0.4, -0.2) is 96.7 Å². The van der Waals surface area contributed by atoms with Gasteiger partial charge >= 0.3 is 39.5 Å². The molecule has 0 rings (SSSR count). The number of carbonyl (C=O) groups is 4. The molecule has 0 radical (unpaired) electrons. The number of phosphoric acid groups is 2. The van der Waals surface area contributed by atoms with Gasteiger partial charge in [-0.1, -0.05) is 331 Å². The van der Waals surface area contributed by atoms with Crippen LogP contribution in [0.5, 0.6) is 0 Å². The normalized spacial score (nSPS) is 14.4. The van der Waals surface area contributed by atoms with Crippen molar-refractivity contribution in [3.63, 3.8) is 0 Å². The first-order valence-electron chi connectivity index (χ1n) is 38.9. The number of carbonyl (C=O) groups excluding carboxylic acids is 4. The van der Waals surface area contributed by atoms with E-state index in [2.05, 4.69) is 48.5 Å². The number of ether oxygens (including phenoxy) is 4. The van der Waals surface area contributed by atoms with Crippen molar-refractivity contribution < 1.29 is 80.2 Å². The average Bonchev–Trinajstić information content (AvgIpc) is 1.69. The van der Waals surface area contributed by atoms with Gasteiger partial charge in [0.05, 0.1) is 26.4 Å². The predicted molar refractivity (Wildman–Crippen MR) is 381 cm³/mol. The number of aliphatic hydroxyl groups excluding tert-OH is 1. The second-order valence-electron chi connectivity index (χ2n) is 28.2. The first-order valence-corrected chi connectivity index (χ1v) is 41.9. The predicted octanol–water partition coefficient (Wildman–Crippen LogP) is 21.8. The molecule has 558 valence electrons. The molecule has 0 amide bonds. The number of rotatable bonds is 73. The zero-order valence-electron chi connectivity index (χ0n) is 61.4. The summed E-state index contributed by atoms with van der Waals surface area (Å²) in [5, 5.41) is 10.6. The van der Waals surface area contributed by atoms with Crippen LogP contribution in [0.4, 0.5) is 0 Å². The molecule has 17 nitrogen and oxygen atoms in total. The molecule has 6 atom stereocenters. The molecule has 3 unspecified atom stereocenters. The second kappa shape index (κ2) is 65.7. The summed E-state index contributed by atoms with van der Waals surface area (Å²) in [4.78, 5) is 72.6. The molecular formula is C75H146O17P2. The van der Waals surface area contributed by atoms with Crippen LogP contribution in [0.3, 0.4) is 0 Å². The van der Waals surface area contributed by atoms with E-state index in [-0.39, 0.29) is 25.7 Å². The van der Waals surface area contributed by atoms with E-state index < -0.39 is 97.5 Å². The first-order chi connectivity index (χ1) is 45.3. The minimum absolute atomic E-state index is 0.106. The molecule has 19 heteroatoms. The lowest BCUT2D eigenvalue weighted by atomic mass is 9.99. The molecule has 0 aromatic carbocycles. The van der Waals surface area contributed by atoms with E-state index in [0.29, 0.717) is 31.6 Å². The lowest BCUT2D eigenvalue weighted by Gasteiger charge is -2.21. The Kier molecular flexibility index (Phi) is 64.3. The second-order valence-corrected chi connectivity index (χ2v) is 31.1. The first kappa shape index (κ1) is 92.1. The summed E-state index contributed by atoms with van der Waals surface area (Å²) in [7, 11) is -9.91. The van der Waals surface area contributed by atoms with E-state index in [1.807, 2.05) is 0 Å². The zero-order valence-corrected chi connectivity index (χ0v) is 63.2. The molecule has 0 aromatic heterocycles. The summed E-state index contributed by atoms with van der Waals surface area (Å²) < 4.78 is 68.4. The molecule has 0 fully saturated rings. The minimum atomic E-state index is -4.96. The highest BCUT2D eigenvalue weighted by Gasteiger charge is 2.30. The fraction of sp³-hybridized carbons (Fsp3) is 0.947. The monoisotopic (exact) mass is 1380 g/mol. The third-order valence-electron chi connectivity index (χ3n) is 17.7. The summed E-state index contributed by atoms with van der Waals surface area (Å²) in [6.07, 6.45) is 51.6. The van der Waals surface area contributed by atoms with Gasteiger partial charge in [0.25, 0.3) is 0 Å². The van der Waals surface area contributed by atoms with Crippen molar-refractivity contribution in [3.8, 4) is 0 Å². The van der Waals surface area contributed by atoms with Crippen LogP contribution in [-0.2, 0) is 65.4 Å². The van der Waals surface area contributed by atoms with Crippen molar-refractivity contribution in [2.45, 2.75) is 401 Å². The van der Waals surface area contributed by atoms with E-state index in [0.717, 1.165) is 108 Å². The highest BCUT2D eigenvalue weighted by molar-refractivity contribution is 7.47. The molecule has 0 aromatic rings. The Bertz CT molecular complexity index is 1840. The molecule has 3 N–H and O–H groups in total. The maximum atomic E-state index is 13.1. The van der Waals surface area contributed by atoms with Crippen molar-refractivity contribution in [2.24, 2.45) is 17.8 Å². The number of hydrogen-bond donors (Lipinski definition) is 3. The molecule has 0 aliphatic carbocycles. The van der Waals surface area contributed by atoms with Gasteiger partial charge in [-0.15, -0.1) is 0 Å². The molecular weight excluding hydrogens is 1230 g/mol. The maximum Gasteiger partial charge on any atom is 0.472 e. The number of hydrogen-bond acceptors (Lipinski definition) is 15. The van der Waals surface area contributed by atoms with Gasteiger partial charge in [-0.25, -0.2) is 9.13 Å². The largest absolute Gasteiger partial charge is 0.472 e. The molecule has 0 spiro atoms. The Morgan fingerprint density at radius 2 is 0.543 bits per heavy atom. The topological polar surface area (TPSA) is 237 Å². The average molecular weight is 1380 g/mol. The summed E-state index contributed by atoms with van der Waals surface area (Å²) in [5.41, 5.74) is 0. The summed E-state index contributed by atoms with van der Waals surface area (Å²) in [6, 6.07) is 0. The van der Waals surface area contributed by atoms with E-state index in [1.165, 1.54) is 186 Å². The Hall–Kier alpha value is -1.94. The molecule has 94 heavy (non-hydrogen) atoms. The molecule has 0 saturated carbocycles. The Labute approximate surface area is 575 Å². The van der Waals surface area contributed by atoms with Crippen LogP contribution >= 0.6 is 15.6 Å². The van der Waals surface area contributed by atoms with E-state index in [1.54, 1.807) is 0 Å². The van der Waals surface area contributed by atoms with Gasteiger partial charge in [-0.05, 0) is 43.4 Å². The smallest absolute Gasteiger partial charge is 0.462 e.